The maximum atomic E-state index is 13.5. The first-order valence-electron chi connectivity index (χ1n) is 5.81. The lowest BCUT2D eigenvalue weighted by molar-refractivity contribution is 0.100. The van der Waals surface area contributed by atoms with Crippen molar-refractivity contribution in [3.8, 4) is 11.8 Å². The smallest absolute Gasteiger partial charge is 0.248 e. The van der Waals surface area contributed by atoms with E-state index in [9.17, 15) is 9.18 Å². The van der Waals surface area contributed by atoms with Crippen LogP contribution < -0.4 is 10.5 Å². The average Bonchev–Trinajstić information content (AvgIpc) is 2.47. The van der Waals surface area contributed by atoms with Crippen LogP contribution in [-0.2, 0) is 6.61 Å². The number of nitrogens with two attached hydrogens (primary N) is 1. The van der Waals surface area contributed by atoms with E-state index in [0.717, 1.165) is 0 Å². The van der Waals surface area contributed by atoms with E-state index < -0.39 is 11.7 Å². The van der Waals surface area contributed by atoms with E-state index in [1.54, 1.807) is 12.1 Å². The summed E-state index contributed by atoms with van der Waals surface area (Å²) in [4.78, 5) is 10.9. The number of benzene rings is 2. The van der Waals surface area contributed by atoms with Crippen LogP contribution in [0.25, 0.3) is 0 Å². The molecule has 100 valence electrons. The lowest BCUT2D eigenvalue weighted by Crippen LogP contribution is -2.10. The van der Waals surface area contributed by atoms with E-state index >= 15 is 0 Å². The average molecular weight is 270 g/mol. The summed E-state index contributed by atoms with van der Waals surface area (Å²) in [5.41, 5.74) is 6.16. The van der Waals surface area contributed by atoms with Crippen LogP contribution in [0.3, 0.4) is 0 Å². The van der Waals surface area contributed by atoms with Gasteiger partial charge in [0.15, 0.2) is 0 Å². The van der Waals surface area contributed by atoms with Crippen LogP contribution in [0.1, 0.15) is 21.5 Å². The predicted molar refractivity (Wildman–Crippen MR) is 70.4 cm³/mol. The molecule has 0 aliphatic carbocycles. The molecular formula is C15H11FN2O2. The summed E-state index contributed by atoms with van der Waals surface area (Å²) in [7, 11) is 0. The maximum absolute atomic E-state index is 13.5. The van der Waals surface area contributed by atoms with Crippen molar-refractivity contribution < 1.29 is 13.9 Å². The van der Waals surface area contributed by atoms with Gasteiger partial charge < -0.3 is 10.5 Å². The molecule has 0 aliphatic rings. The monoisotopic (exact) mass is 270 g/mol. The third kappa shape index (κ3) is 3.12. The van der Waals surface area contributed by atoms with Gasteiger partial charge in [0.1, 0.15) is 18.2 Å². The summed E-state index contributed by atoms with van der Waals surface area (Å²) in [5, 5.41) is 8.76. The van der Waals surface area contributed by atoms with Crippen LogP contribution in [0.5, 0.6) is 5.75 Å². The second-order valence-electron chi connectivity index (χ2n) is 4.10. The predicted octanol–water partition coefficient (Wildman–Crippen LogP) is 2.38. The molecule has 0 fully saturated rings. The zero-order valence-electron chi connectivity index (χ0n) is 10.5. The fraction of sp³-hybridized carbons (Fsp3) is 0.0667. The molecule has 0 aliphatic heterocycles. The fourth-order valence-electron chi connectivity index (χ4n) is 1.63. The third-order valence-corrected chi connectivity index (χ3v) is 2.71. The minimum Gasteiger partial charge on any atom is -0.489 e. The molecule has 0 atom stereocenters. The zero-order chi connectivity index (χ0) is 14.5. The van der Waals surface area contributed by atoms with Crippen molar-refractivity contribution in [2.75, 3.05) is 0 Å². The van der Waals surface area contributed by atoms with Gasteiger partial charge in [0.2, 0.25) is 5.91 Å². The van der Waals surface area contributed by atoms with E-state index in [1.807, 2.05) is 6.07 Å². The van der Waals surface area contributed by atoms with Crippen LogP contribution in [0, 0.1) is 17.1 Å². The topological polar surface area (TPSA) is 76.1 Å². The number of nitriles is 1. The molecule has 4 nitrogen and oxygen atoms in total. The van der Waals surface area contributed by atoms with Crippen molar-refractivity contribution in [3.05, 3.63) is 65.0 Å². The van der Waals surface area contributed by atoms with Crippen molar-refractivity contribution in [1.82, 2.24) is 0 Å². The largest absolute Gasteiger partial charge is 0.489 e. The highest BCUT2D eigenvalue weighted by atomic mass is 19.1. The summed E-state index contributed by atoms with van der Waals surface area (Å²) in [6, 6.07) is 12.2. The molecule has 5 heteroatoms. The van der Waals surface area contributed by atoms with Crippen LogP contribution in [0.2, 0.25) is 0 Å². The van der Waals surface area contributed by atoms with Gasteiger partial charge in [-0.1, -0.05) is 0 Å². The summed E-state index contributed by atoms with van der Waals surface area (Å²) < 4.78 is 18.9. The van der Waals surface area contributed by atoms with Gasteiger partial charge in [-0.2, -0.15) is 5.26 Å². The van der Waals surface area contributed by atoms with E-state index in [4.69, 9.17) is 15.7 Å². The molecule has 0 heterocycles. The number of ether oxygens (including phenoxy) is 1. The SMILES string of the molecule is N#Cc1ccc(F)c(COc2ccc(C(N)=O)cc2)c1. The van der Waals surface area contributed by atoms with Crippen LogP contribution >= 0.6 is 0 Å². The quantitative estimate of drug-likeness (QED) is 0.926. The lowest BCUT2D eigenvalue weighted by atomic mass is 10.1. The molecule has 0 aromatic heterocycles. The molecule has 20 heavy (non-hydrogen) atoms. The maximum Gasteiger partial charge on any atom is 0.248 e. The molecule has 0 spiro atoms. The third-order valence-electron chi connectivity index (χ3n) is 2.71. The zero-order valence-corrected chi connectivity index (χ0v) is 10.5. The Morgan fingerprint density at radius 1 is 1.25 bits per heavy atom. The molecule has 2 aromatic rings. The molecule has 0 saturated carbocycles. The number of amides is 1. The number of hydrogen-bond acceptors (Lipinski definition) is 3. The summed E-state index contributed by atoms with van der Waals surface area (Å²) in [6.07, 6.45) is 0. The number of halogens is 1. The molecule has 0 unspecified atom stereocenters. The van der Waals surface area contributed by atoms with Crippen molar-refractivity contribution >= 4 is 5.91 Å². The first kappa shape index (κ1) is 13.6. The van der Waals surface area contributed by atoms with E-state index in [0.29, 0.717) is 22.4 Å². The summed E-state index contributed by atoms with van der Waals surface area (Å²) >= 11 is 0. The Hall–Kier alpha value is -2.87. The normalized spacial score (nSPS) is 9.80. The Morgan fingerprint density at radius 2 is 1.95 bits per heavy atom. The van der Waals surface area contributed by atoms with E-state index in [1.165, 1.54) is 30.3 Å². The molecule has 0 radical (unpaired) electrons. The fourth-order valence-corrected chi connectivity index (χ4v) is 1.63. The number of nitrogens with zero attached hydrogens (tertiary/aromatic N) is 1. The highest BCUT2D eigenvalue weighted by Crippen LogP contribution is 2.16. The van der Waals surface area contributed by atoms with E-state index in [-0.39, 0.29) is 6.61 Å². The second-order valence-corrected chi connectivity index (χ2v) is 4.10. The molecule has 2 aromatic carbocycles. The van der Waals surface area contributed by atoms with Gasteiger partial charge >= 0.3 is 0 Å². The Labute approximate surface area is 115 Å². The number of rotatable bonds is 4. The lowest BCUT2D eigenvalue weighted by Gasteiger charge is -2.07. The highest BCUT2D eigenvalue weighted by molar-refractivity contribution is 5.92. The van der Waals surface area contributed by atoms with Crippen molar-refractivity contribution in [3.63, 3.8) is 0 Å². The first-order chi connectivity index (χ1) is 9.60. The standard InChI is InChI=1S/C15H11FN2O2/c16-14-6-1-10(8-17)7-12(14)9-20-13-4-2-11(3-5-13)15(18)19/h1-7H,9H2,(H2,18,19). The molecule has 2 N–H and O–H groups in total. The van der Waals surface area contributed by atoms with Gasteiger partial charge in [-0.25, -0.2) is 4.39 Å². The summed E-state index contributed by atoms with van der Waals surface area (Å²) in [6.45, 7) is -0.00271. The second kappa shape index (κ2) is 5.85. The number of primary amides is 1. The molecule has 2 rings (SSSR count). The van der Waals surface area contributed by atoms with Crippen LogP contribution in [0.15, 0.2) is 42.5 Å². The van der Waals surface area contributed by atoms with Gasteiger partial charge in [-0.05, 0) is 42.5 Å². The highest BCUT2D eigenvalue weighted by Gasteiger charge is 2.05. The Balaban J connectivity index is 2.09. The molecule has 0 saturated heterocycles. The van der Waals surface area contributed by atoms with Gasteiger partial charge in [0.25, 0.3) is 0 Å². The van der Waals surface area contributed by atoms with Crippen molar-refractivity contribution in [2.45, 2.75) is 6.61 Å². The Kier molecular flexibility index (Phi) is 3.96. The van der Waals surface area contributed by atoms with Gasteiger partial charge in [0.05, 0.1) is 11.6 Å². The molecular weight excluding hydrogens is 259 g/mol. The van der Waals surface area contributed by atoms with Crippen LogP contribution in [0.4, 0.5) is 4.39 Å². The minimum absolute atomic E-state index is 0.00271. The van der Waals surface area contributed by atoms with Crippen LogP contribution in [-0.4, -0.2) is 5.91 Å². The van der Waals surface area contributed by atoms with Crippen molar-refractivity contribution in [2.24, 2.45) is 5.73 Å². The summed E-state index contributed by atoms with van der Waals surface area (Å²) in [5.74, 6) is -0.473. The minimum atomic E-state index is -0.524. The van der Waals surface area contributed by atoms with Crippen molar-refractivity contribution in [1.29, 1.82) is 5.26 Å². The Morgan fingerprint density at radius 3 is 2.55 bits per heavy atom. The number of carbonyl (C=O) groups is 1. The number of carbonyl (C=O) groups excluding carboxylic acids is 1. The molecule has 0 bridgehead atoms. The first-order valence-corrected chi connectivity index (χ1v) is 5.81. The molecule has 1 amide bonds. The number of hydrogen-bond donors (Lipinski definition) is 1. The van der Waals surface area contributed by atoms with E-state index in [2.05, 4.69) is 0 Å². The van der Waals surface area contributed by atoms with Gasteiger partial charge in [-0.3, -0.25) is 4.79 Å². The van der Waals surface area contributed by atoms with Gasteiger partial charge in [-0.15, -0.1) is 0 Å². The van der Waals surface area contributed by atoms with Gasteiger partial charge in [0, 0.05) is 11.1 Å². The Bertz CT molecular complexity index is 675.